The minimum atomic E-state index is -4.79. The van der Waals surface area contributed by atoms with Crippen LogP contribution in [0.25, 0.3) is 0 Å². The molecule has 1 rings (SSSR count). The van der Waals surface area contributed by atoms with Crippen molar-refractivity contribution in [2.75, 3.05) is 6.61 Å². The van der Waals surface area contributed by atoms with E-state index in [9.17, 15) is 4.57 Å². The zero-order valence-electron chi connectivity index (χ0n) is 6.92. The van der Waals surface area contributed by atoms with E-state index >= 15 is 0 Å². The maximum atomic E-state index is 10.4. The molecule has 3 unspecified atom stereocenters. The van der Waals surface area contributed by atoms with Crippen molar-refractivity contribution in [2.24, 2.45) is 0 Å². The van der Waals surface area contributed by atoms with Gasteiger partial charge in [0.05, 0.1) is 6.61 Å². The van der Waals surface area contributed by atoms with Gasteiger partial charge in [0, 0.05) is 0 Å². The number of phosphoric acid groups is 1. The van der Waals surface area contributed by atoms with Crippen molar-refractivity contribution in [3.63, 3.8) is 0 Å². The van der Waals surface area contributed by atoms with Gasteiger partial charge >= 0.3 is 7.82 Å². The summed E-state index contributed by atoms with van der Waals surface area (Å²) in [6, 6.07) is 0. The third kappa shape index (κ3) is 2.72. The van der Waals surface area contributed by atoms with Crippen LogP contribution in [0.3, 0.4) is 0 Å². The third-order valence-electron chi connectivity index (χ3n) is 1.74. The zero-order chi connectivity index (χ0) is 10.9. The van der Waals surface area contributed by atoms with E-state index < -0.39 is 39.0 Å². The molecule has 0 aromatic rings. The van der Waals surface area contributed by atoms with Crippen LogP contribution in [0.2, 0.25) is 0 Å². The molecule has 1 aliphatic heterocycles. The SMILES string of the molecule is O=P(O)(O)OC1O[C@H](CO)C(O)C1O. The van der Waals surface area contributed by atoms with Crippen molar-refractivity contribution in [3.8, 4) is 0 Å². The van der Waals surface area contributed by atoms with Crippen molar-refractivity contribution < 1.29 is 38.9 Å². The number of aliphatic hydroxyl groups excluding tert-OH is 3. The van der Waals surface area contributed by atoms with Gasteiger partial charge in [0.1, 0.15) is 18.3 Å². The molecule has 8 nitrogen and oxygen atoms in total. The highest BCUT2D eigenvalue weighted by Gasteiger charge is 2.45. The number of hydrogen-bond donors (Lipinski definition) is 5. The summed E-state index contributed by atoms with van der Waals surface area (Å²) in [5, 5.41) is 26.9. The molecule has 84 valence electrons. The summed E-state index contributed by atoms with van der Waals surface area (Å²) in [5.74, 6) is 0. The summed E-state index contributed by atoms with van der Waals surface area (Å²) in [6.07, 6.45) is -5.78. The van der Waals surface area contributed by atoms with Gasteiger partial charge in [0.15, 0.2) is 6.29 Å². The Bertz CT molecular complexity index is 238. The molecule has 0 bridgehead atoms. The van der Waals surface area contributed by atoms with Crippen LogP contribution in [-0.2, 0) is 13.8 Å². The molecular formula is C5H11O8P. The molecule has 0 spiro atoms. The van der Waals surface area contributed by atoms with Crippen molar-refractivity contribution in [1.29, 1.82) is 0 Å². The van der Waals surface area contributed by atoms with E-state index in [1.54, 1.807) is 0 Å². The molecule has 0 saturated carbocycles. The molecule has 0 radical (unpaired) electrons. The molecule has 1 saturated heterocycles. The van der Waals surface area contributed by atoms with Gasteiger partial charge in [-0.25, -0.2) is 4.57 Å². The van der Waals surface area contributed by atoms with Crippen LogP contribution in [0.5, 0.6) is 0 Å². The van der Waals surface area contributed by atoms with Crippen molar-refractivity contribution in [2.45, 2.75) is 24.6 Å². The molecule has 0 aromatic heterocycles. The van der Waals surface area contributed by atoms with Crippen LogP contribution in [-0.4, -0.2) is 56.3 Å². The molecule has 1 heterocycles. The first-order valence-corrected chi connectivity index (χ1v) is 5.24. The Labute approximate surface area is 78.9 Å². The first-order valence-electron chi connectivity index (χ1n) is 3.71. The first kappa shape index (κ1) is 12.0. The molecule has 4 atom stereocenters. The number of ether oxygens (including phenoxy) is 1. The van der Waals surface area contributed by atoms with E-state index in [0.717, 1.165) is 0 Å². The second-order valence-electron chi connectivity index (χ2n) is 2.80. The molecule has 0 aromatic carbocycles. The minimum Gasteiger partial charge on any atom is -0.394 e. The third-order valence-corrected chi connectivity index (χ3v) is 2.22. The molecule has 0 amide bonds. The highest BCUT2D eigenvalue weighted by Crippen LogP contribution is 2.40. The highest BCUT2D eigenvalue weighted by atomic mass is 31.2. The fourth-order valence-electron chi connectivity index (χ4n) is 1.09. The lowest BCUT2D eigenvalue weighted by atomic mass is 10.1. The average molecular weight is 230 g/mol. The second kappa shape index (κ2) is 4.21. The van der Waals surface area contributed by atoms with Gasteiger partial charge in [0.2, 0.25) is 0 Å². The standard InChI is InChI=1S/C5H11O8P/c6-1-2-3(7)4(8)5(12-2)13-14(9,10)11/h2-8H,1H2,(H2,9,10,11)/t2-,3?,4?,5?/m1/s1. The smallest absolute Gasteiger partial charge is 0.394 e. The van der Waals surface area contributed by atoms with Gasteiger partial charge in [-0.05, 0) is 0 Å². The highest BCUT2D eigenvalue weighted by molar-refractivity contribution is 7.46. The molecule has 1 fully saturated rings. The Morgan fingerprint density at radius 1 is 1.29 bits per heavy atom. The summed E-state index contributed by atoms with van der Waals surface area (Å²) in [5.41, 5.74) is 0. The van der Waals surface area contributed by atoms with Crippen LogP contribution < -0.4 is 0 Å². The Kier molecular flexibility index (Phi) is 3.62. The van der Waals surface area contributed by atoms with Gasteiger partial charge in [-0.15, -0.1) is 0 Å². The van der Waals surface area contributed by atoms with Crippen LogP contribution in [0, 0.1) is 0 Å². The van der Waals surface area contributed by atoms with E-state index in [1.807, 2.05) is 0 Å². The fourth-order valence-corrected chi connectivity index (χ4v) is 1.53. The van der Waals surface area contributed by atoms with E-state index in [0.29, 0.717) is 0 Å². The lowest BCUT2D eigenvalue weighted by molar-refractivity contribution is -0.126. The summed E-state index contributed by atoms with van der Waals surface area (Å²) < 4.78 is 19.1. The van der Waals surface area contributed by atoms with Crippen LogP contribution in [0.4, 0.5) is 0 Å². The van der Waals surface area contributed by atoms with Crippen LogP contribution >= 0.6 is 7.82 Å². The fraction of sp³-hybridized carbons (Fsp3) is 1.00. The summed E-state index contributed by atoms with van der Waals surface area (Å²) in [7, 11) is -4.79. The van der Waals surface area contributed by atoms with Crippen molar-refractivity contribution in [1.82, 2.24) is 0 Å². The minimum absolute atomic E-state index is 0.584. The number of hydrogen-bond acceptors (Lipinski definition) is 6. The van der Waals surface area contributed by atoms with Gasteiger partial charge in [0.25, 0.3) is 0 Å². The van der Waals surface area contributed by atoms with E-state index in [2.05, 4.69) is 9.26 Å². The molecule has 9 heteroatoms. The molecule has 14 heavy (non-hydrogen) atoms. The molecular weight excluding hydrogens is 219 g/mol. The Morgan fingerprint density at radius 3 is 2.21 bits per heavy atom. The first-order chi connectivity index (χ1) is 6.35. The topological polar surface area (TPSA) is 137 Å². The predicted octanol–water partition coefficient (Wildman–Crippen LogP) is -2.47. The van der Waals surface area contributed by atoms with E-state index in [4.69, 9.17) is 25.1 Å². The monoisotopic (exact) mass is 230 g/mol. The van der Waals surface area contributed by atoms with Gasteiger partial charge < -0.3 is 29.8 Å². The van der Waals surface area contributed by atoms with E-state index in [-0.39, 0.29) is 0 Å². The maximum Gasteiger partial charge on any atom is 0.472 e. The quantitative estimate of drug-likeness (QED) is 0.336. The maximum absolute atomic E-state index is 10.4. The zero-order valence-corrected chi connectivity index (χ0v) is 7.82. The Morgan fingerprint density at radius 2 is 1.86 bits per heavy atom. The largest absolute Gasteiger partial charge is 0.472 e. The predicted molar refractivity (Wildman–Crippen MR) is 40.9 cm³/mol. The van der Waals surface area contributed by atoms with Crippen LogP contribution in [0.15, 0.2) is 0 Å². The second-order valence-corrected chi connectivity index (χ2v) is 3.99. The van der Waals surface area contributed by atoms with Gasteiger partial charge in [-0.2, -0.15) is 0 Å². The van der Waals surface area contributed by atoms with E-state index in [1.165, 1.54) is 0 Å². The number of phosphoric ester groups is 1. The molecule has 5 N–H and O–H groups in total. The summed E-state index contributed by atoms with van der Waals surface area (Å²) in [4.78, 5) is 16.8. The van der Waals surface area contributed by atoms with Gasteiger partial charge in [-0.3, -0.25) is 4.52 Å². The Hall–Kier alpha value is -0.0500. The Balaban J connectivity index is 2.61. The number of rotatable bonds is 3. The normalized spacial score (nSPS) is 38.9. The summed E-state index contributed by atoms with van der Waals surface area (Å²) >= 11 is 0. The lowest BCUT2D eigenvalue weighted by Gasteiger charge is -2.15. The summed E-state index contributed by atoms with van der Waals surface area (Å²) in [6.45, 7) is -0.584. The average Bonchev–Trinajstić information content (AvgIpc) is 2.30. The lowest BCUT2D eigenvalue weighted by Crippen LogP contribution is -2.34. The van der Waals surface area contributed by atoms with Crippen LogP contribution in [0.1, 0.15) is 0 Å². The molecule has 0 aliphatic carbocycles. The molecule has 1 aliphatic rings. The van der Waals surface area contributed by atoms with Crippen molar-refractivity contribution >= 4 is 7.82 Å². The number of aliphatic hydroxyl groups is 3. The van der Waals surface area contributed by atoms with Crippen molar-refractivity contribution in [3.05, 3.63) is 0 Å². The van der Waals surface area contributed by atoms with Gasteiger partial charge in [-0.1, -0.05) is 0 Å².